The maximum Gasteiger partial charge on any atom is 0.235 e. The molecule has 0 fully saturated rings. The lowest BCUT2D eigenvalue weighted by atomic mass is 9.95. The Labute approximate surface area is 209 Å². The molecule has 0 spiro atoms. The van der Waals surface area contributed by atoms with Gasteiger partial charge in [0.1, 0.15) is 6.61 Å². The molecule has 1 aliphatic rings. The summed E-state index contributed by atoms with van der Waals surface area (Å²) in [7, 11) is 1.70. The lowest BCUT2D eigenvalue weighted by Crippen LogP contribution is -2.38. The van der Waals surface area contributed by atoms with Gasteiger partial charge in [-0.15, -0.1) is 0 Å². The number of anilines is 1. The average molecular weight is 473 g/mol. The van der Waals surface area contributed by atoms with Gasteiger partial charge in [-0.3, -0.25) is 0 Å². The molecule has 2 aromatic carbocycles. The van der Waals surface area contributed by atoms with Gasteiger partial charge in [0.2, 0.25) is 5.88 Å². The minimum absolute atomic E-state index is 0.0721. The lowest BCUT2D eigenvalue weighted by molar-refractivity contribution is 0.164. The second kappa shape index (κ2) is 10.9. The normalized spacial score (nSPS) is 15.9. The van der Waals surface area contributed by atoms with Gasteiger partial charge in [0.25, 0.3) is 0 Å². The second-order valence-electron chi connectivity index (χ2n) is 9.06. The standard InChI is InChI=1S/C30H36N2O3/c1-7-12-25-17-23(15-16-27(25)24-13-10-9-11-14-24)19-34-28-18-26(8-2)32(22(5)29(28)33-6)30-20(3)21(4)31-35-30/h9-11,13-18,22H,7-8,12,19H2,1-6H3. The molecule has 184 valence electrons. The monoisotopic (exact) mass is 472 g/mol. The van der Waals surface area contributed by atoms with Gasteiger partial charge in [-0.25, -0.2) is 0 Å². The van der Waals surface area contributed by atoms with Gasteiger partial charge in [0.05, 0.1) is 18.8 Å². The maximum atomic E-state index is 6.38. The van der Waals surface area contributed by atoms with Crippen LogP contribution in [0.25, 0.3) is 11.1 Å². The van der Waals surface area contributed by atoms with Crippen molar-refractivity contribution < 1.29 is 14.0 Å². The number of aryl methyl sites for hydroxylation is 2. The van der Waals surface area contributed by atoms with E-state index in [4.69, 9.17) is 14.0 Å². The van der Waals surface area contributed by atoms with Crippen molar-refractivity contribution in [1.82, 2.24) is 5.16 Å². The number of benzene rings is 2. The van der Waals surface area contributed by atoms with Gasteiger partial charge >= 0.3 is 0 Å². The summed E-state index contributed by atoms with van der Waals surface area (Å²) in [5.74, 6) is 2.31. The van der Waals surface area contributed by atoms with Gasteiger partial charge in [-0.1, -0.05) is 74.0 Å². The van der Waals surface area contributed by atoms with Crippen LogP contribution < -0.4 is 4.90 Å². The molecule has 3 aromatic rings. The Kier molecular flexibility index (Phi) is 7.64. The highest BCUT2D eigenvalue weighted by Gasteiger charge is 2.33. The summed E-state index contributed by atoms with van der Waals surface area (Å²) in [6.45, 7) is 10.9. The number of rotatable bonds is 9. The summed E-state index contributed by atoms with van der Waals surface area (Å²) in [6.07, 6.45) is 5.03. The third-order valence-electron chi connectivity index (χ3n) is 6.72. The van der Waals surface area contributed by atoms with Crippen LogP contribution in [0.5, 0.6) is 0 Å². The molecule has 2 heterocycles. The molecule has 1 atom stereocenters. The second-order valence-corrected chi connectivity index (χ2v) is 9.06. The van der Waals surface area contributed by atoms with Crippen LogP contribution in [0.4, 0.5) is 5.88 Å². The molecule has 5 nitrogen and oxygen atoms in total. The molecular formula is C30H36N2O3. The Hall–Kier alpha value is -3.47. The first-order valence-corrected chi connectivity index (χ1v) is 12.5. The van der Waals surface area contributed by atoms with E-state index in [9.17, 15) is 0 Å². The predicted molar refractivity (Wildman–Crippen MR) is 141 cm³/mol. The summed E-state index contributed by atoms with van der Waals surface area (Å²) in [6, 6.07) is 17.2. The van der Waals surface area contributed by atoms with E-state index < -0.39 is 0 Å². The summed E-state index contributed by atoms with van der Waals surface area (Å²) in [5.41, 5.74) is 8.10. The Bertz CT molecular complexity index is 1220. The third kappa shape index (κ3) is 5.00. The number of hydrogen-bond donors (Lipinski definition) is 0. The predicted octanol–water partition coefficient (Wildman–Crippen LogP) is 7.49. The van der Waals surface area contributed by atoms with E-state index in [1.807, 2.05) is 13.8 Å². The first kappa shape index (κ1) is 24.6. The smallest absolute Gasteiger partial charge is 0.235 e. The van der Waals surface area contributed by atoms with Crippen molar-refractivity contribution in [3.63, 3.8) is 0 Å². The molecule has 1 aliphatic heterocycles. The van der Waals surface area contributed by atoms with Crippen LogP contribution in [0.1, 0.15) is 56.0 Å². The number of hydrogen-bond acceptors (Lipinski definition) is 5. The van der Waals surface area contributed by atoms with Crippen molar-refractivity contribution in [2.75, 3.05) is 12.0 Å². The molecule has 0 bridgehead atoms. The summed E-state index contributed by atoms with van der Waals surface area (Å²) < 4.78 is 17.9. The zero-order valence-electron chi connectivity index (χ0n) is 21.7. The number of methoxy groups -OCH3 is 1. The van der Waals surface area contributed by atoms with Crippen LogP contribution in [-0.2, 0) is 22.5 Å². The minimum Gasteiger partial charge on any atom is -0.495 e. The topological polar surface area (TPSA) is 47.7 Å². The lowest BCUT2D eigenvalue weighted by Gasteiger charge is -2.35. The third-order valence-corrected chi connectivity index (χ3v) is 6.72. The van der Waals surface area contributed by atoms with Crippen LogP contribution in [0.15, 0.2) is 76.3 Å². The SMILES string of the molecule is CCCc1cc(COC2=C(OC)C(C)N(c3onc(C)c3C)C(CC)=C2)ccc1-c1ccccc1. The highest BCUT2D eigenvalue weighted by atomic mass is 16.5. The molecule has 0 amide bonds. The van der Waals surface area contributed by atoms with Crippen molar-refractivity contribution in [2.45, 2.75) is 66.5 Å². The zero-order chi connectivity index (χ0) is 24.9. The molecule has 5 heteroatoms. The van der Waals surface area contributed by atoms with E-state index in [0.717, 1.165) is 59.2 Å². The first-order chi connectivity index (χ1) is 17.0. The minimum atomic E-state index is -0.0721. The average Bonchev–Trinajstić information content (AvgIpc) is 3.20. The van der Waals surface area contributed by atoms with Crippen molar-refractivity contribution in [1.29, 1.82) is 0 Å². The number of allylic oxidation sites excluding steroid dienone is 2. The van der Waals surface area contributed by atoms with Gasteiger partial charge in [-0.2, -0.15) is 0 Å². The fourth-order valence-electron chi connectivity index (χ4n) is 4.73. The van der Waals surface area contributed by atoms with Gasteiger partial charge in [-0.05, 0) is 55.9 Å². The molecule has 1 aromatic heterocycles. The van der Waals surface area contributed by atoms with Crippen molar-refractivity contribution in [3.05, 3.63) is 94.2 Å². The van der Waals surface area contributed by atoms with E-state index in [1.54, 1.807) is 7.11 Å². The summed E-state index contributed by atoms with van der Waals surface area (Å²) in [4.78, 5) is 2.16. The number of nitrogens with zero attached hydrogens (tertiary/aromatic N) is 2. The van der Waals surface area contributed by atoms with E-state index in [2.05, 4.69) is 85.4 Å². The molecule has 35 heavy (non-hydrogen) atoms. The Morgan fingerprint density at radius 1 is 1.06 bits per heavy atom. The van der Waals surface area contributed by atoms with Crippen LogP contribution in [0.2, 0.25) is 0 Å². The van der Waals surface area contributed by atoms with Gasteiger partial charge in [0.15, 0.2) is 11.5 Å². The molecule has 0 radical (unpaired) electrons. The molecule has 4 rings (SSSR count). The van der Waals surface area contributed by atoms with Crippen LogP contribution >= 0.6 is 0 Å². The van der Waals surface area contributed by atoms with Crippen LogP contribution in [0, 0.1) is 13.8 Å². The van der Waals surface area contributed by atoms with E-state index in [-0.39, 0.29) is 6.04 Å². The summed E-state index contributed by atoms with van der Waals surface area (Å²) in [5, 5.41) is 4.16. The number of aromatic nitrogens is 1. The van der Waals surface area contributed by atoms with E-state index in [1.165, 1.54) is 16.7 Å². The molecule has 0 saturated carbocycles. The van der Waals surface area contributed by atoms with E-state index in [0.29, 0.717) is 6.61 Å². The maximum absolute atomic E-state index is 6.38. The molecule has 0 aliphatic carbocycles. The Morgan fingerprint density at radius 2 is 1.83 bits per heavy atom. The zero-order valence-corrected chi connectivity index (χ0v) is 21.7. The highest BCUT2D eigenvalue weighted by molar-refractivity contribution is 5.68. The fourth-order valence-corrected chi connectivity index (χ4v) is 4.73. The largest absolute Gasteiger partial charge is 0.495 e. The fraction of sp³-hybridized carbons (Fsp3) is 0.367. The summed E-state index contributed by atoms with van der Waals surface area (Å²) >= 11 is 0. The Balaban J connectivity index is 1.60. The van der Waals surface area contributed by atoms with Crippen LogP contribution in [-0.4, -0.2) is 18.3 Å². The molecule has 0 saturated heterocycles. The van der Waals surface area contributed by atoms with Crippen molar-refractivity contribution >= 4 is 5.88 Å². The highest BCUT2D eigenvalue weighted by Crippen LogP contribution is 2.37. The van der Waals surface area contributed by atoms with Crippen molar-refractivity contribution in [3.8, 4) is 11.1 Å². The number of ether oxygens (including phenoxy) is 2. The molecule has 0 N–H and O–H groups in total. The van der Waals surface area contributed by atoms with Crippen molar-refractivity contribution in [2.24, 2.45) is 0 Å². The van der Waals surface area contributed by atoms with E-state index >= 15 is 0 Å². The molecule has 1 unspecified atom stereocenters. The quantitative estimate of drug-likeness (QED) is 0.323. The molecular weight excluding hydrogens is 436 g/mol. The Morgan fingerprint density at radius 3 is 2.46 bits per heavy atom. The first-order valence-electron chi connectivity index (χ1n) is 12.5. The van der Waals surface area contributed by atoms with Crippen LogP contribution in [0.3, 0.4) is 0 Å². The van der Waals surface area contributed by atoms with Gasteiger partial charge < -0.3 is 18.9 Å². The van der Waals surface area contributed by atoms with Gasteiger partial charge in [0, 0.05) is 17.3 Å².